The predicted molar refractivity (Wildman–Crippen MR) is 119 cm³/mol. The summed E-state index contributed by atoms with van der Waals surface area (Å²) in [5.41, 5.74) is 0.681. The van der Waals surface area contributed by atoms with E-state index in [1.54, 1.807) is 29.8 Å². The topological polar surface area (TPSA) is 113 Å². The summed E-state index contributed by atoms with van der Waals surface area (Å²) in [6, 6.07) is 6.34. The first kappa shape index (κ1) is 23.2. The van der Waals surface area contributed by atoms with E-state index in [9.17, 15) is 14.4 Å². The highest BCUT2D eigenvalue weighted by Gasteiger charge is 2.21. The van der Waals surface area contributed by atoms with Crippen LogP contribution in [0.15, 0.2) is 35.0 Å². The van der Waals surface area contributed by atoms with Crippen molar-refractivity contribution in [2.75, 3.05) is 26.1 Å². The third kappa shape index (κ3) is 5.42. The summed E-state index contributed by atoms with van der Waals surface area (Å²) in [5, 5.41) is 6.27. The third-order valence-corrected chi connectivity index (χ3v) is 5.83. The molecule has 3 aromatic rings. The summed E-state index contributed by atoms with van der Waals surface area (Å²) < 4.78 is 20.8. The van der Waals surface area contributed by atoms with Crippen LogP contribution in [0.25, 0.3) is 0 Å². The van der Waals surface area contributed by atoms with Gasteiger partial charge in [-0.3, -0.25) is 4.79 Å². The Morgan fingerprint density at radius 3 is 2.44 bits per heavy atom. The molecule has 3 rings (SSSR count). The lowest BCUT2D eigenvalue weighted by Crippen LogP contribution is -2.15. The van der Waals surface area contributed by atoms with E-state index in [-0.39, 0.29) is 35.4 Å². The van der Waals surface area contributed by atoms with Crippen molar-refractivity contribution in [3.05, 3.63) is 56.2 Å². The number of nitrogens with zero attached hydrogens (tertiary/aromatic N) is 1. The SMILES string of the molecule is CCOC(=O)c1nc(COC(=O)c2cc(OC)c(OC)cc2NC(=O)c2cccs2)cs1. The quantitative estimate of drug-likeness (QED) is 0.461. The van der Waals surface area contributed by atoms with E-state index in [2.05, 4.69) is 10.3 Å². The average molecular weight is 477 g/mol. The predicted octanol–water partition coefficient (Wildman–Crippen LogP) is 4.01. The number of thiazole rings is 1. The fourth-order valence-electron chi connectivity index (χ4n) is 2.62. The summed E-state index contributed by atoms with van der Waals surface area (Å²) in [7, 11) is 2.88. The molecular formula is C21H20N2O7S2. The zero-order chi connectivity index (χ0) is 23.1. The van der Waals surface area contributed by atoms with Gasteiger partial charge < -0.3 is 24.3 Å². The minimum Gasteiger partial charge on any atom is -0.493 e. The van der Waals surface area contributed by atoms with Gasteiger partial charge in [0.2, 0.25) is 5.01 Å². The highest BCUT2D eigenvalue weighted by atomic mass is 32.1. The Labute approximate surface area is 191 Å². The maximum absolute atomic E-state index is 12.8. The molecule has 0 radical (unpaired) electrons. The molecule has 0 saturated carbocycles. The number of hydrogen-bond acceptors (Lipinski definition) is 10. The van der Waals surface area contributed by atoms with Gasteiger partial charge in [0.1, 0.15) is 6.61 Å². The van der Waals surface area contributed by atoms with E-state index >= 15 is 0 Å². The Hall–Kier alpha value is -3.44. The summed E-state index contributed by atoms with van der Waals surface area (Å²) in [6.45, 7) is 1.77. The smallest absolute Gasteiger partial charge is 0.367 e. The fraction of sp³-hybridized carbons (Fsp3) is 0.238. The number of ether oxygens (including phenoxy) is 4. The van der Waals surface area contributed by atoms with Gasteiger partial charge in [0.15, 0.2) is 11.5 Å². The molecule has 0 unspecified atom stereocenters. The van der Waals surface area contributed by atoms with Crippen LogP contribution in [0.4, 0.5) is 5.69 Å². The van der Waals surface area contributed by atoms with Crippen molar-refractivity contribution >= 4 is 46.2 Å². The minimum absolute atomic E-state index is 0.0772. The molecule has 0 aliphatic carbocycles. The Morgan fingerprint density at radius 2 is 1.78 bits per heavy atom. The summed E-state index contributed by atoms with van der Waals surface area (Å²) in [5.74, 6) is -0.984. The molecule has 11 heteroatoms. The number of hydrogen-bond donors (Lipinski definition) is 1. The Kier molecular flexibility index (Phi) is 7.79. The van der Waals surface area contributed by atoms with Gasteiger partial charge in [-0.05, 0) is 18.4 Å². The van der Waals surface area contributed by atoms with Crippen molar-refractivity contribution in [2.24, 2.45) is 0 Å². The Balaban J connectivity index is 1.80. The minimum atomic E-state index is -0.710. The van der Waals surface area contributed by atoms with Gasteiger partial charge >= 0.3 is 11.9 Å². The van der Waals surface area contributed by atoms with Crippen molar-refractivity contribution < 1.29 is 33.3 Å². The van der Waals surface area contributed by atoms with Crippen LogP contribution >= 0.6 is 22.7 Å². The first-order valence-electron chi connectivity index (χ1n) is 9.36. The van der Waals surface area contributed by atoms with Gasteiger partial charge in [0.05, 0.1) is 42.6 Å². The number of carbonyl (C=O) groups is 3. The van der Waals surface area contributed by atoms with E-state index < -0.39 is 11.9 Å². The molecule has 168 valence electrons. The molecule has 0 saturated heterocycles. The lowest BCUT2D eigenvalue weighted by molar-refractivity contribution is 0.0469. The summed E-state index contributed by atoms with van der Waals surface area (Å²) in [4.78, 5) is 41.7. The molecule has 0 bridgehead atoms. The molecule has 0 aliphatic heterocycles. The number of esters is 2. The van der Waals surface area contributed by atoms with Crippen LogP contribution in [0.3, 0.4) is 0 Å². The van der Waals surface area contributed by atoms with E-state index in [1.807, 2.05) is 0 Å². The van der Waals surface area contributed by atoms with Crippen LogP contribution in [0.1, 0.15) is 42.4 Å². The lowest BCUT2D eigenvalue weighted by atomic mass is 10.1. The maximum atomic E-state index is 12.8. The van der Waals surface area contributed by atoms with E-state index in [4.69, 9.17) is 18.9 Å². The first-order valence-corrected chi connectivity index (χ1v) is 11.1. The van der Waals surface area contributed by atoms with Crippen LogP contribution in [-0.2, 0) is 16.1 Å². The van der Waals surface area contributed by atoms with Crippen LogP contribution in [-0.4, -0.2) is 43.7 Å². The molecule has 0 aliphatic rings. The number of aromatic nitrogens is 1. The molecule has 32 heavy (non-hydrogen) atoms. The largest absolute Gasteiger partial charge is 0.493 e. The second kappa shape index (κ2) is 10.7. The number of benzene rings is 1. The van der Waals surface area contributed by atoms with Crippen molar-refractivity contribution in [2.45, 2.75) is 13.5 Å². The van der Waals surface area contributed by atoms with Crippen molar-refractivity contribution in [1.29, 1.82) is 0 Å². The Bertz CT molecular complexity index is 1110. The molecule has 2 heterocycles. The summed E-state index contributed by atoms with van der Waals surface area (Å²) >= 11 is 2.37. The third-order valence-electron chi connectivity index (χ3n) is 4.09. The first-order chi connectivity index (χ1) is 15.5. The zero-order valence-corrected chi connectivity index (χ0v) is 19.1. The monoisotopic (exact) mass is 476 g/mol. The second-order valence-corrected chi connectivity index (χ2v) is 7.93. The molecule has 0 spiro atoms. The van der Waals surface area contributed by atoms with Crippen LogP contribution in [0.5, 0.6) is 11.5 Å². The van der Waals surface area contributed by atoms with Crippen LogP contribution < -0.4 is 14.8 Å². The Morgan fingerprint density at radius 1 is 1.03 bits per heavy atom. The van der Waals surface area contributed by atoms with Crippen molar-refractivity contribution in [1.82, 2.24) is 4.98 Å². The number of anilines is 1. The van der Waals surface area contributed by atoms with Gasteiger partial charge in [-0.2, -0.15) is 0 Å². The van der Waals surface area contributed by atoms with Gasteiger partial charge in [0.25, 0.3) is 5.91 Å². The van der Waals surface area contributed by atoms with Crippen molar-refractivity contribution in [3.8, 4) is 11.5 Å². The van der Waals surface area contributed by atoms with Crippen molar-refractivity contribution in [3.63, 3.8) is 0 Å². The highest BCUT2D eigenvalue weighted by Crippen LogP contribution is 2.34. The lowest BCUT2D eigenvalue weighted by Gasteiger charge is -2.15. The number of thiophene rings is 1. The summed E-state index contributed by atoms with van der Waals surface area (Å²) in [6.07, 6.45) is 0. The molecule has 1 N–H and O–H groups in total. The maximum Gasteiger partial charge on any atom is 0.367 e. The van der Waals surface area contributed by atoms with Gasteiger partial charge in [0, 0.05) is 17.5 Å². The van der Waals surface area contributed by atoms with Gasteiger partial charge in [-0.1, -0.05) is 6.07 Å². The van der Waals surface area contributed by atoms with Gasteiger partial charge in [-0.25, -0.2) is 14.6 Å². The number of carbonyl (C=O) groups excluding carboxylic acids is 3. The number of rotatable bonds is 9. The zero-order valence-electron chi connectivity index (χ0n) is 17.5. The second-order valence-electron chi connectivity index (χ2n) is 6.12. The van der Waals surface area contributed by atoms with E-state index in [1.165, 1.54) is 37.7 Å². The van der Waals surface area contributed by atoms with Crippen LogP contribution in [0.2, 0.25) is 0 Å². The molecule has 0 atom stereocenters. The number of nitrogens with one attached hydrogen (secondary N) is 1. The number of amides is 1. The molecule has 9 nitrogen and oxygen atoms in total. The normalized spacial score (nSPS) is 10.3. The fourth-order valence-corrected chi connectivity index (χ4v) is 3.93. The molecule has 1 amide bonds. The van der Waals surface area contributed by atoms with Gasteiger partial charge in [-0.15, -0.1) is 22.7 Å². The standard InChI is InChI=1S/C21H20N2O7S2/c1-4-29-21(26)19-22-12(11-32-19)10-30-20(25)13-8-15(27-2)16(28-3)9-14(13)23-18(24)17-6-5-7-31-17/h5-9,11H,4,10H2,1-3H3,(H,23,24). The van der Waals surface area contributed by atoms with E-state index in [0.29, 0.717) is 22.1 Å². The molecular weight excluding hydrogens is 456 g/mol. The molecule has 0 fully saturated rings. The molecule has 1 aromatic carbocycles. The highest BCUT2D eigenvalue weighted by molar-refractivity contribution is 7.12. The molecule has 2 aromatic heterocycles. The number of methoxy groups -OCH3 is 2. The van der Waals surface area contributed by atoms with E-state index in [0.717, 1.165) is 11.3 Å². The van der Waals surface area contributed by atoms with Crippen LogP contribution in [0, 0.1) is 0 Å². The average Bonchev–Trinajstić information content (AvgIpc) is 3.49.